The maximum absolute atomic E-state index is 12.3. The molecule has 2 fully saturated rings. The lowest BCUT2D eigenvalue weighted by Gasteiger charge is -2.34. The van der Waals surface area contributed by atoms with Gasteiger partial charge in [0.1, 0.15) is 11.5 Å². The van der Waals surface area contributed by atoms with E-state index in [0.717, 1.165) is 93.5 Å². The van der Waals surface area contributed by atoms with Crippen LogP contribution in [0.1, 0.15) is 55.2 Å². The summed E-state index contributed by atoms with van der Waals surface area (Å²) in [7, 11) is 5.51. The molecule has 0 radical (unpaired) electrons. The van der Waals surface area contributed by atoms with Crippen molar-refractivity contribution in [3.8, 4) is 33.8 Å². The molecule has 57 heavy (non-hydrogen) atoms. The van der Waals surface area contributed by atoms with Crippen molar-refractivity contribution in [1.29, 1.82) is 0 Å². The Kier molecular flexibility index (Phi) is 13.3. The normalized spacial score (nSPS) is 18.2. The van der Waals surface area contributed by atoms with E-state index in [0.29, 0.717) is 48.7 Å². The van der Waals surface area contributed by atoms with Gasteiger partial charge < -0.3 is 24.8 Å². The van der Waals surface area contributed by atoms with Gasteiger partial charge in [0.25, 0.3) is 0 Å². The second kappa shape index (κ2) is 18.6. The number of carbonyl (C=O) groups is 2. The van der Waals surface area contributed by atoms with Crippen molar-refractivity contribution in [2.45, 2.75) is 70.2 Å². The molecule has 1 aliphatic heterocycles. The number of rotatable bonds is 15. The van der Waals surface area contributed by atoms with Crippen LogP contribution in [0.3, 0.4) is 0 Å². The summed E-state index contributed by atoms with van der Waals surface area (Å²) in [5.74, 6) is 1.90. The summed E-state index contributed by atoms with van der Waals surface area (Å²) in [4.78, 5) is 26.3. The van der Waals surface area contributed by atoms with Crippen LogP contribution < -0.4 is 24.8 Å². The Labute approximate surface area is 349 Å². The Balaban J connectivity index is 1.07. The average Bonchev–Trinajstić information content (AvgIpc) is 3.84. The van der Waals surface area contributed by atoms with Gasteiger partial charge in [0.15, 0.2) is 0 Å². The lowest BCUT2D eigenvalue weighted by atomic mass is 9.85. The summed E-state index contributed by atoms with van der Waals surface area (Å²) in [6.45, 7) is 2.49. The minimum atomic E-state index is 0.0869. The highest BCUT2D eigenvalue weighted by atomic mass is 35.5. The minimum absolute atomic E-state index is 0.0869. The molecule has 1 saturated carbocycles. The average molecular weight is 830 g/mol. The Morgan fingerprint density at radius 2 is 1.67 bits per heavy atom. The maximum Gasteiger partial charge on any atom is 0.232 e. The maximum atomic E-state index is 12.3. The first kappa shape index (κ1) is 40.9. The van der Waals surface area contributed by atoms with Gasteiger partial charge in [-0.25, -0.2) is 0 Å². The number of methoxy groups -OCH3 is 2. The fourth-order valence-corrected chi connectivity index (χ4v) is 9.24. The van der Waals surface area contributed by atoms with Crippen LogP contribution in [0.15, 0.2) is 72.9 Å². The zero-order valence-corrected chi connectivity index (χ0v) is 35.2. The molecule has 0 spiro atoms. The highest BCUT2D eigenvalue weighted by molar-refractivity contribution is 7.97. The monoisotopic (exact) mass is 828 g/mol. The molecule has 3 N–H and O–H groups in total. The van der Waals surface area contributed by atoms with Crippen LogP contribution in [0.25, 0.3) is 33.2 Å². The Morgan fingerprint density at radius 1 is 0.930 bits per heavy atom. The topological polar surface area (TPSA) is 110 Å². The SMILES string of the molecule is COc1cc(-c2cccc(-c3cccc4c3cnn4Cc3cc(OC)c(CN(C)C4CCC(C(=O)NSC)CC4)cc3Cl)c2Cl)ccc1CNC[C@@H]1CCC(=O)N1. The standard InChI is InChI=1S/C44H50Cl2N6O4S/c1-51(33-16-13-27(14-17-33)44(54)50-57-4)25-31-19-38(45)30(21-41(31)56-3)26-52-39-10-6-8-35(37(39)24-48-52)36-9-5-7-34(43(36)46)28-11-12-29(40(20-28)55-2)22-47-23-32-15-18-42(53)49-32/h5-12,19-21,24,27,32-33,47H,13-18,22-23,25-26H2,1-4H3,(H,49,53)(H,50,54)/t27?,32-,33?/m0/s1. The van der Waals surface area contributed by atoms with Crippen LogP contribution in [0.4, 0.5) is 0 Å². The van der Waals surface area contributed by atoms with Gasteiger partial charge in [-0.1, -0.05) is 77.6 Å². The zero-order valence-electron chi connectivity index (χ0n) is 32.9. The smallest absolute Gasteiger partial charge is 0.232 e. The third kappa shape index (κ3) is 9.23. The number of carbonyl (C=O) groups excluding carboxylic acids is 2. The molecule has 13 heteroatoms. The molecule has 0 unspecified atom stereocenters. The zero-order chi connectivity index (χ0) is 40.1. The van der Waals surface area contributed by atoms with Gasteiger partial charge in [0, 0.05) is 83.0 Å². The first-order valence-corrected chi connectivity index (χ1v) is 21.4. The molecule has 5 aromatic rings. The molecule has 2 amide bonds. The first-order chi connectivity index (χ1) is 27.7. The molecule has 300 valence electrons. The summed E-state index contributed by atoms with van der Waals surface area (Å²) in [5, 5.41) is 13.6. The van der Waals surface area contributed by atoms with Crippen LogP contribution in [-0.4, -0.2) is 72.6 Å². The molecule has 7 rings (SSSR count). The molecule has 4 aromatic carbocycles. The number of nitrogens with zero attached hydrogens (tertiary/aromatic N) is 3. The predicted molar refractivity (Wildman–Crippen MR) is 231 cm³/mol. The van der Waals surface area contributed by atoms with Gasteiger partial charge in [-0.05, 0) is 80.1 Å². The minimum Gasteiger partial charge on any atom is -0.496 e. The third-order valence-corrected chi connectivity index (χ3v) is 12.6. The molecule has 0 bridgehead atoms. The van der Waals surface area contributed by atoms with Crippen molar-refractivity contribution >= 4 is 57.9 Å². The second-order valence-corrected chi connectivity index (χ2v) is 16.4. The molecular formula is C44H50Cl2N6O4S. The van der Waals surface area contributed by atoms with E-state index in [1.807, 2.05) is 59.6 Å². The van der Waals surface area contributed by atoms with E-state index in [4.69, 9.17) is 37.8 Å². The third-order valence-electron chi connectivity index (χ3n) is 11.4. The lowest BCUT2D eigenvalue weighted by Crippen LogP contribution is -2.38. The summed E-state index contributed by atoms with van der Waals surface area (Å²) in [5.41, 5.74) is 7.68. The number of halogens is 2. The van der Waals surface area contributed by atoms with Crippen molar-refractivity contribution in [3.05, 3.63) is 99.7 Å². The van der Waals surface area contributed by atoms with E-state index in [9.17, 15) is 9.59 Å². The Morgan fingerprint density at radius 3 is 2.40 bits per heavy atom. The summed E-state index contributed by atoms with van der Waals surface area (Å²) in [6, 6.07) is 23.0. The number of amides is 2. The van der Waals surface area contributed by atoms with E-state index in [-0.39, 0.29) is 23.8 Å². The highest BCUT2D eigenvalue weighted by Crippen LogP contribution is 2.41. The van der Waals surface area contributed by atoms with Crippen molar-refractivity contribution in [3.63, 3.8) is 0 Å². The van der Waals surface area contributed by atoms with Gasteiger partial charge in [-0.3, -0.25) is 19.2 Å². The fourth-order valence-electron chi connectivity index (χ4n) is 8.29. The number of benzene rings is 4. The first-order valence-electron chi connectivity index (χ1n) is 19.5. The predicted octanol–water partition coefficient (Wildman–Crippen LogP) is 8.50. The molecular weight excluding hydrogens is 779 g/mol. The second-order valence-electron chi connectivity index (χ2n) is 15.0. The number of aromatic nitrogens is 2. The number of hydrogen-bond donors (Lipinski definition) is 3. The quantitative estimate of drug-likeness (QED) is 0.0903. The van der Waals surface area contributed by atoms with Crippen molar-refractivity contribution in [1.82, 2.24) is 30.0 Å². The molecule has 2 aliphatic rings. The lowest BCUT2D eigenvalue weighted by molar-refractivity contribution is -0.124. The van der Waals surface area contributed by atoms with Crippen molar-refractivity contribution in [2.24, 2.45) is 5.92 Å². The largest absolute Gasteiger partial charge is 0.496 e. The summed E-state index contributed by atoms with van der Waals surface area (Å²) < 4.78 is 16.6. The van der Waals surface area contributed by atoms with Crippen LogP contribution in [0.5, 0.6) is 11.5 Å². The molecule has 1 aliphatic carbocycles. The van der Waals surface area contributed by atoms with E-state index < -0.39 is 0 Å². The summed E-state index contributed by atoms with van der Waals surface area (Å²) in [6.07, 6.45) is 8.95. The van der Waals surface area contributed by atoms with Crippen molar-refractivity contribution in [2.75, 3.05) is 34.1 Å². The fraction of sp³-hybridized carbons (Fsp3) is 0.386. The molecule has 1 atom stereocenters. The van der Waals surface area contributed by atoms with Crippen LogP contribution in [0.2, 0.25) is 10.0 Å². The number of ether oxygens (including phenoxy) is 2. The van der Waals surface area contributed by atoms with Gasteiger partial charge in [0.2, 0.25) is 11.8 Å². The molecule has 1 aromatic heterocycles. The highest BCUT2D eigenvalue weighted by Gasteiger charge is 2.29. The van der Waals surface area contributed by atoms with Gasteiger partial charge in [-0.15, -0.1) is 0 Å². The Bertz CT molecular complexity index is 2240. The van der Waals surface area contributed by atoms with Gasteiger partial charge in [-0.2, -0.15) is 5.10 Å². The molecule has 1 saturated heterocycles. The number of fused-ring (bicyclic) bond motifs is 1. The van der Waals surface area contributed by atoms with Gasteiger partial charge in [0.05, 0.1) is 37.5 Å². The van der Waals surface area contributed by atoms with E-state index in [1.165, 1.54) is 11.9 Å². The molecule has 2 heterocycles. The van der Waals surface area contributed by atoms with Gasteiger partial charge >= 0.3 is 0 Å². The van der Waals surface area contributed by atoms with E-state index in [2.05, 4.69) is 51.6 Å². The Hall–Kier alpha value is -4.26. The van der Waals surface area contributed by atoms with E-state index in [1.54, 1.807) is 14.2 Å². The van der Waals surface area contributed by atoms with Crippen LogP contribution >= 0.6 is 35.1 Å². The van der Waals surface area contributed by atoms with Crippen LogP contribution in [-0.2, 0) is 29.2 Å². The summed E-state index contributed by atoms with van der Waals surface area (Å²) >= 11 is 15.6. The van der Waals surface area contributed by atoms with Crippen LogP contribution in [0, 0.1) is 5.92 Å². The number of nitrogens with one attached hydrogen (secondary N) is 3. The number of hydrogen-bond acceptors (Lipinski definition) is 8. The van der Waals surface area contributed by atoms with E-state index >= 15 is 0 Å². The van der Waals surface area contributed by atoms with Crippen molar-refractivity contribution < 1.29 is 19.1 Å². The molecule has 10 nitrogen and oxygen atoms in total.